The number of aromatic nitrogens is 2. The van der Waals surface area contributed by atoms with Crippen molar-refractivity contribution in [1.29, 1.82) is 0 Å². The van der Waals surface area contributed by atoms with Crippen molar-refractivity contribution in [2.24, 2.45) is 0 Å². The molecular formula is C24H23FN4O3S2. The quantitative estimate of drug-likeness (QED) is 0.369. The third-order valence-electron chi connectivity index (χ3n) is 5.38. The number of sulfonamides is 1. The van der Waals surface area contributed by atoms with E-state index in [-0.39, 0.29) is 29.2 Å². The molecule has 0 aliphatic carbocycles. The van der Waals surface area contributed by atoms with Crippen LogP contribution < -0.4 is 4.90 Å². The minimum atomic E-state index is -3.67. The number of halogens is 1. The van der Waals surface area contributed by atoms with E-state index in [1.807, 2.05) is 6.07 Å². The van der Waals surface area contributed by atoms with E-state index in [9.17, 15) is 17.6 Å². The van der Waals surface area contributed by atoms with E-state index in [2.05, 4.69) is 9.97 Å². The number of benzene rings is 2. The molecule has 4 aromatic rings. The van der Waals surface area contributed by atoms with E-state index >= 15 is 0 Å². The first kappa shape index (κ1) is 23.9. The highest BCUT2D eigenvalue weighted by molar-refractivity contribution is 7.89. The van der Waals surface area contributed by atoms with Crippen LogP contribution in [0.3, 0.4) is 0 Å². The molecule has 10 heteroatoms. The fraction of sp³-hybridized carbons (Fsp3) is 0.208. The van der Waals surface area contributed by atoms with E-state index in [1.54, 1.807) is 38.4 Å². The lowest BCUT2D eigenvalue weighted by atomic mass is 10.2. The average Bonchev–Trinajstić information content (AvgIpc) is 3.25. The van der Waals surface area contributed by atoms with Gasteiger partial charge in [-0.25, -0.2) is 17.8 Å². The summed E-state index contributed by atoms with van der Waals surface area (Å²) in [6.45, 7) is 3.77. The van der Waals surface area contributed by atoms with Gasteiger partial charge in [0.25, 0.3) is 5.91 Å². The molecule has 7 nitrogen and oxygen atoms in total. The lowest BCUT2D eigenvalue weighted by Gasteiger charge is -2.22. The van der Waals surface area contributed by atoms with Gasteiger partial charge in [0, 0.05) is 31.0 Å². The van der Waals surface area contributed by atoms with Crippen molar-refractivity contribution in [3.05, 3.63) is 83.9 Å². The molecule has 2 aromatic carbocycles. The second-order valence-electron chi connectivity index (χ2n) is 8.00. The van der Waals surface area contributed by atoms with Crippen LogP contribution in [0.2, 0.25) is 0 Å². The van der Waals surface area contributed by atoms with E-state index in [0.29, 0.717) is 20.9 Å². The van der Waals surface area contributed by atoms with Gasteiger partial charge in [0.15, 0.2) is 5.13 Å². The second kappa shape index (κ2) is 9.57. The number of anilines is 1. The summed E-state index contributed by atoms with van der Waals surface area (Å²) in [5.41, 5.74) is 1.68. The molecule has 0 saturated carbocycles. The zero-order valence-electron chi connectivity index (χ0n) is 18.8. The standard InChI is InChI=1S/C24H23FN4O3S2/c1-16(2)28(3)34(31,32)20-9-6-18(7-10-20)23(30)29(15-17-5-4-12-26-14-17)24-27-21-11-8-19(25)13-22(21)33-24/h4-14,16H,15H2,1-3H3. The number of carbonyl (C=O) groups excluding carboxylic acids is 1. The molecule has 34 heavy (non-hydrogen) atoms. The minimum absolute atomic E-state index is 0.106. The number of hydrogen-bond donors (Lipinski definition) is 0. The van der Waals surface area contributed by atoms with E-state index in [1.165, 1.54) is 64.0 Å². The van der Waals surface area contributed by atoms with Gasteiger partial charge in [-0.05, 0) is 67.9 Å². The predicted molar refractivity (Wildman–Crippen MR) is 131 cm³/mol. The van der Waals surface area contributed by atoms with Crippen LogP contribution in [0.25, 0.3) is 10.2 Å². The Balaban J connectivity index is 1.70. The van der Waals surface area contributed by atoms with Gasteiger partial charge in [0.05, 0.1) is 21.7 Å². The third-order valence-corrected chi connectivity index (χ3v) is 8.47. The maximum absolute atomic E-state index is 13.7. The third kappa shape index (κ3) is 4.84. The molecule has 176 valence electrons. The monoisotopic (exact) mass is 498 g/mol. The summed E-state index contributed by atoms with van der Waals surface area (Å²) < 4.78 is 41.1. The van der Waals surface area contributed by atoms with Crippen LogP contribution in [0.15, 0.2) is 71.9 Å². The summed E-state index contributed by atoms with van der Waals surface area (Å²) >= 11 is 1.21. The normalized spacial score (nSPS) is 11.9. The van der Waals surface area contributed by atoms with Gasteiger partial charge < -0.3 is 0 Å². The SMILES string of the molecule is CC(C)N(C)S(=O)(=O)c1ccc(C(=O)N(Cc2cccnc2)c2nc3ccc(F)cc3s2)cc1. The smallest absolute Gasteiger partial charge is 0.260 e. The van der Waals surface area contributed by atoms with Crippen molar-refractivity contribution < 1.29 is 17.6 Å². The molecule has 0 saturated heterocycles. The highest BCUT2D eigenvalue weighted by atomic mass is 32.2. The Kier molecular flexibility index (Phi) is 6.74. The van der Waals surface area contributed by atoms with Crippen LogP contribution in [-0.4, -0.2) is 41.7 Å². The van der Waals surface area contributed by atoms with Gasteiger partial charge in [-0.15, -0.1) is 0 Å². The van der Waals surface area contributed by atoms with Gasteiger partial charge in [-0.3, -0.25) is 14.7 Å². The Morgan fingerprint density at radius 1 is 1.12 bits per heavy atom. The summed E-state index contributed by atoms with van der Waals surface area (Å²) in [4.78, 5) is 23.8. The number of pyridine rings is 1. The number of fused-ring (bicyclic) bond motifs is 1. The maximum atomic E-state index is 13.7. The van der Waals surface area contributed by atoms with Crippen molar-refractivity contribution >= 4 is 42.6 Å². The Labute approximate surface area is 201 Å². The van der Waals surface area contributed by atoms with Crippen LogP contribution in [0.1, 0.15) is 29.8 Å². The van der Waals surface area contributed by atoms with Crippen molar-refractivity contribution in [1.82, 2.24) is 14.3 Å². The van der Waals surface area contributed by atoms with Crippen molar-refractivity contribution in [3.63, 3.8) is 0 Å². The lowest BCUT2D eigenvalue weighted by molar-refractivity contribution is 0.0985. The summed E-state index contributed by atoms with van der Waals surface area (Å²) in [5, 5.41) is 0.408. The molecular weight excluding hydrogens is 475 g/mol. The zero-order valence-corrected chi connectivity index (χ0v) is 20.5. The van der Waals surface area contributed by atoms with Gasteiger partial charge in [-0.2, -0.15) is 4.31 Å². The Bertz CT molecular complexity index is 1420. The number of hydrogen-bond acceptors (Lipinski definition) is 6. The van der Waals surface area contributed by atoms with Gasteiger partial charge in [0.1, 0.15) is 5.82 Å². The summed E-state index contributed by atoms with van der Waals surface area (Å²) in [6.07, 6.45) is 3.30. The summed E-state index contributed by atoms with van der Waals surface area (Å²) in [5.74, 6) is -0.736. The molecule has 0 radical (unpaired) electrons. The minimum Gasteiger partial charge on any atom is -0.279 e. The van der Waals surface area contributed by atoms with Crippen LogP contribution in [-0.2, 0) is 16.6 Å². The Hall–Kier alpha value is -3.21. The number of thiazole rings is 1. The number of carbonyl (C=O) groups is 1. The van der Waals surface area contributed by atoms with E-state index in [0.717, 1.165) is 5.56 Å². The molecule has 0 fully saturated rings. The topological polar surface area (TPSA) is 83.5 Å². The van der Waals surface area contributed by atoms with Crippen LogP contribution in [0.4, 0.5) is 9.52 Å². The Morgan fingerprint density at radius 3 is 2.50 bits per heavy atom. The van der Waals surface area contributed by atoms with Crippen molar-refractivity contribution in [2.45, 2.75) is 31.3 Å². The van der Waals surface area contributed by atoms with E-state index < -0.39 is 10.0 Å². The first-order chi connectivity index (χ1) is 16.2. The average molecular weight is 499 g/mol. The summed E-state index contributed by atoms with van der Waals surface area (Å²) in [7, 11) is -2.15. The lowest BCUT2D eigenvalue weighted by Crippen LogP contribution is -2.33. The van der Waals surface area contributed by atoms with Crippen LogP contribution in [0, 0.1) is 5.82 Å². The first-order valence-electron chi connectivity index (χ1n) is 10.5. The molecule has 0 aliphatic heterocycles. The van der Waals surface area contributed by atoms with Gasteiger partial charge in [-0.1, -0.05) is 17.4 Å². The molecule has 2 heterocycles. The fourth-order valence-corrected chi connectivity index (χ4v) is 5.63. The molecule has 1 amide bonds. The molecule has 0 atom stereocenters. The molecule has 0 unspecified atom stereocenters. The van der Waals surface area contributed by atoms with E-state index in [4.69, 9.17) is 0 Å². The fourth-order valence-electron chi connectivity index (χ4n) is 3.27. The molecule has 0 spiro atoms. The molecule has 0 aliphatic rings. The molecule has 2 aromatic heterocycles. The number of nitrogens with zero attached hydrogens (tertiary/aromatic N) is 4. The van der Waals surface area contributed by atoms with Crippen molar-refractivity contribution in [2.75, 3.05) is 11.9 Å². The van der Waals surface area contributed by atoms with Crippen molar-refractivity contribution in [3.8, 4) is 0 Å². The van der Waals surface area contributed by atoms with Gasteiger partial charge >= 0.3 is 0 Å². The Morgan fingerprint density at radius 2 is 1.85 bits per heavy atom. The molecule has 4 rings (SSSR count). The largest absolute Gasteiger partial charge is 0.279 e. The second-order valence-corrected chi connectivity index (χ2v) is 11.0. The highest BCUT2D eigenvalue weighted by Crippen LogP contribution is 2.31. The molecule has 0 N–H and O–H groups in total. The van der Waals surface area contributed by atoms with Crippen LogP contribution >= 0.6 is 11.3 Å². The highest BCUT2D eigenvalue weighted by Gasteiger charge is 2.25. The molecule has 0 bridgehead atoms. The number of rotatable bonds is 7. The van der Waals surface area contributed by atoms with Crippen LogP contribution in [0.5, 0.6) is 0 Å². The number of amides is 1. The zero-order chi connectivity index (χ0) is 24.5. The maximum Gasteiger partial charge on any atom is 0.260 e. The summed E-state index contributed by atoms with van der Waals surface area (Å²) in [6, 6.07) is 13.5. The predicted octanol–water partition coefficient (Wildman–Crippen LogP) is 4.71. The first-order valence-corrected chi connectivity index (χ1v) is 12.8. The van der Waals surface area contributed by atoms with Gasteiger partial charge in [0.2, 0.25) is 10.0 Å².